The maximum atomic E-state index is 14.5. The molecule has 1 aliphatic rings. The predicted octanol–water partition coefficient (Wildman–Crippen LogP) is 5.07. The number of halogens is 3. The lowest BCUT2D eigenvalue weighted by atomic mass is 9.74. The first-order chi connectivity index (χ1) is 15.4. The normalized spacial score (nSPS) is 19.0. The highest BCUT2D eigenvalue weighted by molar-refractivity contribution is 5.92. The number of carbonyl (C=O) groups excluding carboxylic acids is 1. The van der Waals surface area contributed by atoms with Crippen LogP contribution in [0, 0.1) is 17.5 Å². The van der Waals surface area contributed by atoms with Crippen LogP contribution >= 0.6 is 0 Å². The van der Waals surface area contributed by atoms with Crippen LogP contribution in [0.25, 0.3) is 22.2 Å². The molecule has 1 fully saturated rings. The summed E-state index contributed by atoms with van der Waals surface area (Å²) in [4.78, 5) is 19.6. The number of nitrogens with one attached hydrogen (secondary N) is 2. The summed E-state index contributed by atoms with van der Waals surface area (Å²) in [5.74, 6) is -1.81. The lowest BCUT2D eigenvalue weighted by Gasteiger charge is -2.37. The van der Waals surface area contributed by atoms with Crippen molar-refractivity contribution in [1.29, 1.82) is 0 Å². The largest absolute Gasteiger partial charge is 0.352 e. The number of carbonyl (C=O) groups is 1. The molecule has 164 valence electrons. The van der Waals surface area contributed by atoms with Crippen molar-refractivity contribution in [1.82, 2.24) is 19.9 Å². The fourth-order valence-corrected chi connectivity index (χ4v) is 4.44. The molecule has 1 unspecified atom stereocenters. The van der Waals surface area contributed by atoms with Crippen molar-refractivity contribution < 1.29 is 18.0 Å². The van der Waals surface area contributed by atoms with E-state index in [9.17, 15) is 18.0 Å². The molecule has 5 rings (SSSR count). The number of hydrogen-bond acceptors (Lipinski definition) is 2. The van der Waals surface area contributed by atoms with E-state index >= 15 is 0 Å². The number of rotatable bonds is 5. The van der Waals surface area contributed by atoms with Crippen molar-refractivity contribution in [3.05, 3.63) is 78.1 Å². The first-order valence-electron chi connectivity index (χ1n) is 10.4. The molecule has 1 saturated carbocycles. The highest BCUT2D eigenvalue weighted by atomic mass is 19.1. The zero-order chi connectivity index (χ0) is 22.4. The number of amides is 1. The number of benzene rings is 2. The van der Waals surface area contributed by atoms with Crippen molar-refractivity contribution in [2.45, 2.75) is 37.8 Å². The molecule has 2 aromatic heterocycles. The van der Waals surface area contributed by atoms with Crippen LogP contribution in [0.4, 0.5) is 13.2 Å². The Bertz CT molecular complexity index is 1280. The van der Waals surface area contributed by atoms with Gasteiger partial charge >= 0.3 is 0 Å². The van der Waals surface area contributed by atoms with Crippen LogP contribution < -0.4 is 5.32 Å². The van der Waals surface area contributed by atoms with Crippen molar-refractivity contribution in [2.75, 3.05) is 0 Å². The fraction of sp³-hybridized carbons (Fsp3) is 0.250. The number of aromatic nitrogens is 3. The molecule has 0 radical (unpaired) electrons. The minimum Gasteiger partial charge on any atom is -0.352 e. The Balaban J connectivity index is 1.42. The van der Waals surface area contributed by atoms with Crippen molar-refractivity contribution >= 4 is 16.8 Å². The second kappa shape index (κ2) is 7.85. The van der Waals surface area contributed by atoms with Crippen LogP contribution in [0.15, 0.2) is 55.1 Å². The Morgan fingerprint density at radius 2 is 1.91 bits per heavy atom. The van der Waals surface area contributed by atoms with Crippen LogP contribution in [0.3, 0.4) is 0 Å². The molecule has 0 bridgehead atoms. The Morgan fingerprint density at radius 1 is 1.16 bits per heavy atom. The van der Waals surface area contributed by atoms with Crippen LogP contribution in [-0.4, -0.2) is 26.5 Å². The molecule has 1 amide bonds. The van der Waals surface area contributed by atoms with E-state index < -0.39 is 11.6 Å². The number of imidazole rings is 1. The summed E-state index contributed by atoms with van der Waals surface area (Å²) in [7, 11) is 0. The molecule has 2 aromatic carbocycles. The molecule has 2 N–H and O–H groups in total. The molecular formula is C24H21F3N4O. The minimum atomic E-state index is -0.673. The van der Waals surface area contributed by atoms with E-state index in [1.807, 2.05) is 0 Å². The second-order valence-corrected chi connectivity index (χ2v) is 8.29. The van der Waals surface area contributed by atoms with E-state index in [4.69, 9.17) is 0 Å². The van der Waals surface area contributed by atoms with Crippen LogP contribution in [0.1, 0.15) is 37.3 Å². The van der Waals surface area contributed by atoms with Crippen LogP contribution in [0.5, 0.6) is 0 Å². The summed E-state index contributed by atoms with van der Waals surface area (Å²) in [6, 6.07) is 7.64. The molecule has 0 spiro atoms. The predicted molar refractivity (Wildman–Crippen MR) is 114 cm³/mol. The van der Waals surface area contributed by atoms with Gasteiger partial charge in [-0.2, -0.15) is 0 Å². The molecule has 1 atom stereocenters. The summed E-state index contributed by atoms with van der Waals surface area (Å²) >= 11 is 0. The Morgan fingerprint density at radius 3 is 2.59 bits per heavy atom. The molecule has 0 saturated heterocycles. The van der Waals surface area contributed by atoms with Gasteiger partial charge in [-0.15, -0.1) is 0 Å². The number of nitrogens with zero attached hydrogens (tertiary/aromatic N) is 2. The zero-order valence-electron chi connectivity index (χ0n) is 17.3. The summed E-state index contributed by atoms with van der Waals surface area (Å²) in [5.41, 5.74) is 2.35. The Labute approximate surface area is 182 Å². The average molecular weight is 438 g/mol. The van der Waals surface area contributed by atoms with Crippen LogP contribution in [-0.2, 0) is 4.79 Å². The standard InChI is InChI=1S/C24H21F3N4O/c1-13(31-7-6-28-12-31)24(32)29-18-8-15(9-18)21-19-10-17(26)11-20(27)23(19)30-22(21)14-2-4-16(25)5-3-14/h2-7,10-13,15,18,30H,8-9H2,1H3,(H,29,32)/t13?,15-,18+. The van der Waals surface area contributed by atoms with Gasteiger partial charge in [-0.3, -0.25) is 4.79 Å². The maximum Gasteiger partial charge on any atom is 0.243 e. The van der Waals surface area contributed by atoms with Gasteiger partial charge in [0.2, 0.25) is 5.91 Å². The molecule has 0 aliphatic heterocycles. The number of aromatic amines is 1. The van der Waals surface area contributed by atoms with E-state index in [2.05, 4.69) is 15.3 Å². The molecule has 32 heavy (non-hydrogen) atoms. The first-order valence-corrected chi connectivity index (χ1v) is 10.4. The zero-order valence-corrected chi connectivity index (χ0v) is 17.3. The molecule has 5 nitrogen and oxygen atoms in total. The van der Waals surface area contributed by atoms with Crippen molar-refractivity contribution in [3.8, 4) is 11.3 Å². The minimum absolute atomic E-state index is 0.00106. The van der Waals surface area contributed by atoms with E-state index in [0.29, 0.717) is 29.5 Å². The Hall–Kier alpha value is -3.55. The first kappa shape index (κ1) is 20.4. The summed E-state index contributed by atoms with van der Waals surface area (Å²) in [6.07, 6.45) is 6.23. The molecule has 2 heterocycles. The van der Waals surface area contributed by atoms with Gasteiger partial charge in [0.25, 0.3) is 0 Å². The summed E-state index contributed by atoms with van der Waals surface area (Å²) < 4.78 is 43.7. The molecular weight excluding hydrogens is 417 g/mol. The quantitative estimate of drug-likeness (QED) is 0.457. The third-order valence-electron chi connectivity index (χ3n) is 6.24. The van der Waals surface area contributed by atoms with E-state index in [0.717, 1.165) is 11.6 Å². The van der Waals surface area contributed by atoms with E-state index in [-0.39, 0.29) is 35.2 Å². The fourth-order valence-electron chi connectivity index (χ4n) is 4.44. The number of H-pyrrole nitrogens is 1. The van der Waals surface area contributed by atoms with Gasteiger partial charge < -0.3 is 14.9 Å². The van der Waals surface area contributed by atoms with Gasteiger partial charge in [0.05, 0.1) is 17.5 Å². The topological polar surface area (TPSA) is 62.7 Å². The molecule has 4 aromatic rings. The molecule has 1 aliphatic carbocycles. The lowest BCUT2D eigenvalue weighted by molar-refractivity contribution is -0.125. The van der Waals surface area contributed by atoms with Gasteiger partial charge in [-0.05, 0) is 67.1 Å². The smallest absolute Gasteiger partial charge is 0.243 e. The highest BCUT2D eigenvalue weighted by Crippen LogP contribution is 2.45. The molecule has 8 heteroatoms. The monoisotopic (exact) mass is 438 g/mol. The second-order valence-electron chi connectivity index (χ2n) is 8.29. The summed E-state index contributed by atoms with van der Waals surface area (Å²) in [6.45, 7) is 1.80. The summed E-state index contributed by atoms with van der Waals surface area (Å²) in [5, 5.41) is 3.51. The van der Waals surface area contributed by atoms with Gasteiger partial charge in [-0.25, -0.2) is 18.2 Å². The maximum absolute atomic E-state index is 14.5. The van der Waals surface area contributed by atoms with E-state index in [1.165, 1.54) is 18.2 Å². The van der Waals surface area contributed by atoms with Gasteiger partial charge in [0.15, 0.2) is 0 Å². The van der Waals surface area contributed by atoms with Crippen molar-refractivity contribution in [2.24, 2.45) is 0 Å². The third kappa shape index (κ3) is 3.55. The van der Waals surface area contributed by atoms with Gasteiger partial charge in [0.1, 0.15) is 23.5 Å². The van der Waals surface area contributed by atoms with Gasteiger partial charge in [0, 0.05) is 29.9 Å². The van der Waals surface area contributed by atoms with E-state index in [1.54, 1.807) is 42.3 Å². The van der Waals surface area contributed by atoms with Crippen LogP contribution in [0.2, 0.25) is 0 Å². The van der Waals surface area contributed by atoms with Crippen molar-refractivity contribution in [3.63, 3.8) is 0 Å². The van der Waals surface area contributed by atoms with Gasteiger partial charge in [-0.1, -0.05) is 0 Å². The number of fused-ring (bicyclic) bond motifs is 1. The highest BCUT2D eigenvalue weighted by Gasteiger charge is 2.36. The average Bonchev–Trinajstić information content (AvgIpc) is 3.39. The SMILES string of the molecule is CC(C(=O)N[C@H]1C[C@@H](c2c(-c3ccc(F)cc3)[nH]c3c(F)cc(F)cc32)C1)n1ccnc1. The third-order valence-corrected chi connectivity index (χ3v) is 6.24. The Kier molecular flexibility index (Phi) is 5.00. The number of hydrogen-bond donors (Lipinski definition) is 2. The lowest BCUT2D eigenvalue weighted by Crippen LogP contribution is -2.45.